The molecule has 0 fully saturated rings. The Balaban J connectivity index is 2.60. The fourth-order valence-electron chi connectivity index (χ4n) is 1.58. The number of rotatable bonds is 2. The first-order chi connectivity index (χ1) is 7.84. The Morgan fingerprint density at radius 1 is 1.41 bits per heavy atom. The van der Waals surface area contributed by atoms with Gasteiger partial charge in [-0.15, -0.1) is 0 Å². The SMILES string of the molecule is Nc1ccc2c(c1)C(=O)N(CC(=O)O)S2(=O)=O. The van der Waals surface area contributed by atoms with Gasteiger partial charge >= 0.3 is 5.97 Å². The largest absolute Gasteiger partial charge is 0.480 e. The van der Waals surface area contributed by atoms with E-state index in [9.17, 15) is 18.0 Å². The molecule has 1 heterocycles. The molecule has 0 radical (unpaired) electrons. The van der Waals surface area contributed by atoms with E-state index in [0.717, 1.165) is 0 Å². The second-order valence-electron chi connectivity index (χ2n) is 3.47. The van der Waals surface area contributed by atoms with Crippen LogP contribution < -0.4 is 5.73 Å². The summed E-state index contributed by atoms with van der Waals surface area (Å²) in [5.74, 6) is -2.27. The van der Waals surface area contributed by atoms with Gasteiger partial charge in [-0.3, -0.25) is 9.59 Å². The highest BCUT2D eigenvalue weighted by atomic mass is 32.2. The second-order valence-corrected chi connectivity index (χ2v) is 5.30. The lowest BCUT2D eigenvalue weighted by atomic mass is 10.2. The van der Waals surface area contributed by atoms with Crippen LogP contribution in [0.5, 0.6) is 0 Å². The molecule has 0 saturated carbocycles. The minimum atomic E-state index is -4.06. The molecule has 8 heteroatoms. The molecule has 7 nitrogen and oxygen atoms in total. The predicted octanol–water partition coefficient (Wildman–Crippen LogP) is -0.502. The molecule has 17 heavy (non-hydrogen) atoms. The lowest BCUT2D eigenvalue weighted by Crippen LogP contribution is -2.34. The topological polar surface area (TPSA) is 118 Å². The number of anilines is 1. The van der Waals surface area contributed by atoms with Crippen LogP contribution in [0.3, 0.4) is 0 Å². The number of fused-ring (bicyclic) bond motifs is 1. The molecule has 1 aromatic rings. The number of benzene rings is 1. The smallest absolute Gasteiger partial charge is 0.324 e. The van der Waals surface area contributed by atoms with Crippen LogP contribution in [0.4, 0.5) is 5.69 Å². The van der Waals surface area contributed by atoms with Gasteiger partial charge in [-0.05, 0) is 18.2 Å². The Hall–Kier alpha value is -2.09. The Morgan fingerprint density at radius 2 is 2.06 bits per heavy atom. The number of amides is 1. The van der Waals surface area contributed by atoms with Crippen LogP contribution in [0.2, 0.25) is 0 Å². The first-order valence-corrected chi connectivity index (χ1v) is 5.96. The number of hydrogen-bond acceptors (Lipinski definition) is 5. The van der Waals surface area contributed by atoms with Gasteiger partial charge in [-0.25, -0.2) is 12.7 Å². The highest BCUT2D eigenvalue weighted by molar-refractivity contribution is 7.90. The fourth-order valence-corrected chi connectivity index (χ4v) is 3.08. The number of nitrogen functional groups attached to an aromatic ring is 1. The molecule has 2 rings (SSSR count). The lowest BCUT2D eigenvalue weighted by molar-refractivity contribution is -0.136. The minimum absolute atomic E-state index is 0.0914. The average molecular weight is 256 g/mol. The molecule has 90 valence electrons. The summed E-state index contributed by atoms with van der Waals surface area (Å²) in [5, 5.41) is 8.57. The zero-order chi connectivity index (χ0) is 12.8. The van der Waals surface area contributed by atoms with E-state index < -0.39 is 28.4 Å². The van der Waals surface area contributed by atoms with E-state index in [-0.39, 0.29) is 16.1 Å². The van der Waals surface area contributed by atoms with Crippen LogP contribution in [0.1, 0.15) is 10.4 Å². The van der Waals surface area contributed by atoms with Crippen LogP contribution in [-0.4, -0.2) is 36.3 Å². The van der Waals surface area contributed by atoms with E-state index in [2.05, 4.69) is 0 Å². The van der Waals surface area contributed by atoms with Crippen molar-refractivity contribution in [2.45, 2.75) is 4.90 Å². The molecule has 0 aliphatic carbocycles. The summed E-state index contributed by atoms with van der Waals surface area (Å²) in [4.78, 5) is 22.0. The third kappa shape index (κ3) is 1.62. The van der Waals surface area contributed by atoms with Crippen molar-refractivity contribution >= 4 is 27.6 Å². The number of carboxylic acids is 1. The first-order valence-electron chi connectivity index (χ1n) is 4.52. The zero-order valence-corrected chi connectivity index (χ0v) is 9.27. The van der Waals surface area contributed by atoms with Gasteiger partial charge in [0.05, 0.1) is 5.56 Å². The lowest BCUT2D eigenvalue weighted by Gasteiger charge is -2.11. The molecule has 0 atom stereocenters. The first kappa shape index (κ1) is 11.4. The third-order valence-electron chi connectivity index (χ3n) is 2.31. The number of aliphatic carboxylic acids is 1. The van der Waals surface area contributed by atoms with Crippen molar-refractivity contribution in [2.75, 3.05) is 12.3 Å². The third-order valence-corrected chi connectivity index (χ3v) is 4.09. The molecule has 0 saturated heterocycles. The number of hydrogen-bond donors (Lipinski definition) is 2. The van der Waals surface area contributed by atoms with E-state index in [1.807, 2.05) is 0 Å². The Bertz CT molecular complexity index is 622. The zero-order valence-electron chi connectivity index (χ0n) is 8.45. The average Bonchev–Trinajstić information content (AvgIpc) is 2.39. The second kappa shape index (κ2) is 3.45. The van der Waals surface area contributed by atoms with Gasteiger partial charge < -0.3 is 10.8 Å². The van der Waals surface area contributed by atoms with Crippen molar-refractivity contribution in [1.82, 2.24) is 4.31 Å². The van der Waals surface area contributed by atoms with E-state index >= 15 is 0 Å². The van der Waals surface area contributed by atoms with Gasteiger partial charge in [0.2, 0.25) is 0 Å². The van der Waals surface area contributed by atoms with Crippen LogP contribution in [0.15, 0.2) is 23.1 Å². The summed E-state index contributed by atoms with van der Waals surface area (Å²) in [5.41, 5.74) is 5.60. The number of sulfonamides is 1. The van der Waals surface area contributed by atoms with Crippen molar-refractivity contribution in [2.24, 2.45) is 0 Å². The Morgan fingerprint density at radius 3 is 2.65 bits per heavy atom. The van der Waals surface area contributed by atoms with Gasteiger partial charge in [-0.2, -0.15) is 0 Å². The van der Waals surface area contributed by atoms with Crippen LogP contribution in [0.25, 0.3) is 0 Å². The number of nitrogens with two attached hydrogens (primary N) is 1. The van der Waals surface area contributed by atoms with E-state index in [0.29, 0.717) is 4.31 Å². The highest BCUT2D eigenvalue weighted by Crippen LogP contribution is 2.31. The summed E-state index contributed by atoms with van der Waals surface area (Å²) in [6, 6.07) is 3.75. The summed E-state index contributed by atoms with van der Waals surface area (Å²) < 4.78 is 24.0. The van der Waals surface area contributed by atoms with Crippen molar-refractivity contribution in [3.05, 3.63) is 23.8 Å². The van der Waals surface area contributed by atoms with Crippen molar-refractivity contribution in [3.8, 4) is 0 Å². The van der Waals surface area contributed by atoms with Gasteiger partial charge in [0.15, 0.2) is 0 Å². The van der Waals surface area contributed by atoms with Gasteiger partial charge in [-0.1, -0.05) is 0 Å². The molecule has 1 aliphatic heterocycles. The summed E-state index contributed by atoms with van der Waals surface area (Å²) in [6.07, 6.45) is 0. The van der Waals surface area contributed by atoms with Crippen LogP contribution in [0, 0.1) is 0 Å². The molecule has 0 aromatic heterocycles. The monoisotopic (exact) mass is 256 g/mol. The standard InChI is InChI=1S/C9H8N2O5S/c10-5-1-2-7-6(3-5)9(14)11(4-8(12)13)17(7,15)16/h1-3H,4,10H2,(H,12,13). The molecular weight excluding hydrogens is 248 g/mol. The van der Waals surface area contributed by atoms with Gasteiger partial charge in [0.25, 0.3) is 15.9 Å². The molecule has 0 spiro atoms. The molecule has 1 aromatic carbocycles. The molecule has 0 unspecified atom stereocenters. The molecule has 0 bridgehead atoms. The van der Waals surface area contributed by atoms with Gasteiger partial charge in [0.1, 0.15) is 11.4 Å². The fraction of sp³-hybridized carbons (Fsp3) is 0.111. The maximum Gasteiger partial charge on any atom is 0.324 e. The maximum atomic E-state index is 11.8. The quantitative estimate of drug-likeness (QED) is 0.688. The van der Waals surface area contributed by atoms with E-state index in [1.54, 1.807) is 0 Å². The normalized spacial score (nSPS) is 16.9. The van der Waals surface area contributed by atoms with E-state index in [1.165, 1.54) is 18.2 Å². The Labute approximate surface area is 96.5 Å². The minimum Gasteiger partial charge on any atom is -0.480 e. The van der Waals surface area contributed by atoms with Crippen LogP contribution >= 0.6 is 0 Å². The summed E-state index contributed by atoms with van der Waals surface area (Å²) in [7, 11) is -4.06. The summed E-state index contributed by atoms with van der Waals surface area (Å²) in [6.45, 7) is -0.893. The molecule has 1 amide bonds. The van der Waals surface area contributed by atoms with E-state index in [4.69, 9.17) is 10.8 Å². The number of carboxylic acid groups (broad SMARTS) is 1. The van der Waals surface area contributed by atoms with Gasteiger partial charge in [0, 0.05) is 5.69 Å². The predicted molar refractivity (Wildman–Crippen MR) is 56.7 cm³/mol. The number of carbonyl (C=O) groups excluding carboxylic acids is 1. The number of carbonyl (C=O) groups is 2. The van der Waals surface area contributed by atoms with Crippen molar-refractivity contribution in [3.63, 3.8) is 0 Å². The molecular formula is C9H8N2O5S. The molecule has 3 N–H and O–H groups in total. The Kier molecular flexibility index (Phi) is 2.32. The maximum absolute atomic E-state index is 11.8. The number of nitrogens with zero attached hydrogens (tertiary/aromatic N) is 1. The molecule has 1 aliphatic rings. The summed E-state index contributed by atoms with van der Waals surface area (Å²) >= 11 is 0. The van der Waals surface area contributed by atoms with Crippen molar-refractivity contribution < 1.29 is 23.1 Å². The van der Waals surface area contributed by atoms with Crippen molar-refractivity contribution in [1.29, 1.82) is 0 Å². The van der Waals surface area contributed by atoms with Crippen LogP contribution in [-0.2, 0) is 14.8 Å². The highest BCUT2D eigenvalue weighted by Gasteiger charge is 2.42.